The van der Waals surface area contributed by atoms with Gasteiger partial charge in [-0.25, -0.2) is 13.2 Å². The molecule has 0 aliphatic heterocycles. The lowest BCUT2D eigenvalue weighted by molar-refractivity contribution is 0.0718. The molecule has 0 aromatic heterocycles. The number of nitrogens with zero attached hydrogens (tertiary/aromatic N) is 1. The van der Waals surface area contributed by atoms with Crippen molar-refractivity contribution in [2.45, 2.75) is 116 Å². The molecule has 9 heteroatoms. The SMILES string of the molecule is Cc1ccc(S(=O)(=O)N(C(=O)O)C(CC(C)C)C(O)c2ccc(C(C)(C)C)cc2CCO[Si](C)(C)C(C)(C)C)cc1. The molecule has 0 aliphatic rings. The third kappa shape index (κ3) is 8.66. The van der Waals surface area contributed by atoms with Gasteiger partial charge in [-0.2, -0.15) is 4.31 Å². The Morgan fingerprint density at radius 1 is 1.00 bits per heavy atom. The lowest BCUT2D eigenvalue weighted by Gasteiger charge is -2.36. The van der Waals surface area contributed by atoms with Gasteiger partial charge in [-0.1, -0.05) is 91.3 Å². The van der Waals surface area contributed by atoms with Crippen LogP contribution < -0.4 is 0 Å². The molecule has 0 spiro atoms. The maximum atomic E-state index is 13.7. The lowest BCUT2D eigenvalue weighted by Crippen LogP contribution is -2.47. The second-order valence-corrected chi connectivity index (χ2v) is 20.7. The second-order valence-electron chi connectivity index (χ2n) is 14.1. The fourth-order valence-corrected chi connectivity index (χ4v) is 7.02. The molecule has 2 atom stereocenters. The second kappa shape index (κ2) is 13.0. The van der Waals surface area contributed by atoms with Crippen molar-refractivity contribution in [2.24, 2.45) is 5.92 Å². The average molecular weight is 606 g/mol. The van der Waals surface area contributed by atoms with Crippen LogP contribution in [0.25, 0.3) is 0 Å². The number of aliphatic hydroxyl groups is 1. The lowest BCUT2D eigenvalue weighted by atomic mass is 9.83. The zero-order chi connectivity index (χ0) is 31.6. The van der Waals surface area contributed by atoms with E-state index in [9.17, 15) is 23.4 Å². The molecule has 7 nitrogen and oxygen atoms in total. The van der Waals surface area contributed by atoms with Crippen molar-refractivity contribution in [2.75, 3.05) is 6.61 Å². The van der Waals surface area contributed by atoms with Crippen molar-refractivity contribution in [1.82, 2.24) is 4.31 Å². The predicted molar refractivity (Wildman–Crippen MR) is 168 cm³/mol. The highest BCUT2D eigenvalue weighted by atomic mass is 32.2. The third-order valence-electron chi connectivity index (χ3n) is 8.11. The van der Waals surface area contributed by atoms with Gasteiger partial charge in [-0.15, -0.1) is 0 Å². The molecule has 1 amide bonds. The van der Waals surface area contributed by atoms with Crippen molar-refractivity contribution in [1.29, 1.82) is 0 Å². The monoisotopic (exact) mass is 605 g/mol. The number of rotatable bonds is 11. The van der Waals surface area contributed by atoms with Crippen molar-refractivity contribution >= 4 is 24.4 Å². The van der Waals surface area contributed by atoms with Gasteiger partial charge in [-0.3, -0.25) is 0 Å². The van der Waals surface area contributed by atoms with E-state index in [0.29, 0.717) is 22.9 Å². The Balaban J connectivity index is 2.63. The van der Waals surface area contributed by atoms with Gasteiger partial charge in [0.2, 0.25) is 0 Å². The molecule has 2 unspecified atom stereocenters. The maximum absolute atomic E-state index is 13.7. The fraction of sp³-hybridized carbons (Fsp3) is 0.594. The molecule has 0 bridgehead atoms. The Hall–Kier alpha value is -2.20. The molecule has 0 aliphatic carbocycles. The van der Waals surface area contributed by atoms with Crippen molar-refractivity contribution in [3.63, 3.8) is 0 Å². The Kier molecular flexibility index (Phi) is 11.1. The minimum Gasteiger partial charge on any atom is -0.464 e. The van der Waals surface area contributed by atoms with E-state index in [-0.39, 0.29) is 27.7 Å². The smallest absolute Gasteiger partial charge is 0.421 e. The highest BCUT2D eigenvalue weighted by molar-refractivity contribution is 7.89. The van der Waals surface area contributed by atoms with Gasteiger partial charge in [-0.05, 0) is 78.1 Å². The molecule has 0 radical (unpaired) electrons. The Labute approximate surface area is 249 Å². The predicted octanol–water partition coefficient (Wildman–Crippen LogP) is 7.67. The molecule has 0 heterocycles. The van der Waals surface area contributed by atoms with Gasteiger partial charge >= 0.3 is 6.09 Å². The van der Waals surface area contributed by atoms with E-state index < -0.39 is 36.6 Å². The minimum atomic E-state index is -4.46. The number of aliphatic hydroxyl groups excluding tert-OH is 1. The van der Waals surface area contributed by atoms with E-state index in [4.69, 9.17) is 4.43 Å². The van der Waals surface area contributed by atoms with Crippen molar-refractivity contribution in [3.8, 4) is 0 Å². The Morgan fingerprint density at radius 2 is 1.56 bits per heavy atom. The van der Waals surface area contributed by atoms with E-state index in [0.717, 1.165) is 16.7 Å². The molecule has 2 rings (SSSR count). The molecular weight excluding hydrogens is 555 g/mol. The van der Waals surface area contributed by atoms with Crippen LogP contribution in [0.15, 0.2) is 47.4 Å². The van der Waals surface area contributed by atoms with Crippen molar-refractivity contribution in [3.05, 3.63) is 64.7 Å². The van der Waals surface area contributed by atoms with Gasteiger partial charge in [0.15, 0.2) is 8.32 Å². The summed E-state index contributed by atoms with van der Waals surface area (Å²) in [5.74, 6) is -0.0797. The fourth-order valence-electron chi connectivity index (χ4n) is 4.50. The van der Waals surface area contributed by atoms with Gasteiger partial charge in [0.1, 0.15) is 6.10 Å². The minimum absolute atomic E-state index is 0.0390. The molecule has 0 fully saturated rings. The van der Waals surface area contributed by atoms with Gasteiger partial charge in [0.25, 0.3) is 10.0 Å². The van der Waals surface area contributed by atoms with Crippen LogP contribution in [-0.2, 0) is 26.3 Å². The van der Waals surface area contributed by atoms with Crippen LogP contribution in [0, 0.1) is 12.8 Å². The number of hydrogen-bond acceptors (Lipinski definition) is 5. The summed E-state index contributed by atoms with van der Waals surface area (Å²) in [4.78, 5) is 12.5. The number of amides is 1. The van der Waals surface area contributed by atoms with Crippen LogP contribution in [0.1, 0.15) is 90.2 Å². The van der Waals surface area contributed by atoms with Crippen molar-refractivity contribution < 1.29 is 27.9 Å². The van der Waals surface area contributed by atoms with Crippen LogP contribution in [0.2, 0.25) is 18.1 Å². The Morgan fingerprint density at radius 3 is 2.02 bits per heavy atom. The maximum Gasteiger partial charge on any atom is 0.421 e. The first-order chi connectivity index (χ1) is 18.6. The number of carboxylic acid groups (broad SMARTS) is 1. The number of hydrogen-bond donors (Lipinski definition) is 2. The summed E-state index contributed by atoms with van der Waals surface area (Å²) >= 11 is 0. The highest BCUT2D eigenvalue weighted by Gasteiger charge is 2.41. The molecular formula is C32H51NO6SSi. The Bertz CT molecular complexity index is 1290. The highest BCUT2D eigenvalue weighted by Crippen LogP contribution is 2.38. The number of benzene rings is 2. The van der Waals surface area contributed by atoms with Crippen LogP contribution in [0.4, 0.5) is 4.79 Å². The summed E-state index contributed by atoms with van der Waals surface area (Å²) < 4.78 is 34.3. The normalized spacial score (nSPS) is 14.7. The van der Waals surface area contributed by atoms with E-state index in [1.807, 2.05) is 39.0 Å². The summed E-state index contributed by atoms with van der Waals surface area (Å²) in [6.07, 6.45) is -2.33. The molecule has 41 heavy (non-hydrogen) atoms. The molecule has 2 N–H and O–H groups in total. The zero-order valence-electron chi connectivity index (χ0n) is 26.8. The first-order valence-electron chi connectivity index (χ1n) is 14.4. The van der Waals surface area contributed by atoms with Crippen LogP contribution in [-0.4, -0.2) is 50.0 Å². The first kappa shape index (κ1) is 35.0. The summed E-state index contributed by atoms with van der Waals surface area (Å²) in [5, 5.41) is 22.2. The van der Waals surface area contributed by atoms with Crippen LogP contribution >= 0.6 is 0 Å². The topological polar surface area (TPSA) is 104 Å². The number of aryl methyl sites for hydroxylation is 1. The van der Waals surface area contributed by atoms with Crippen LogP contribution in [0.3, 0.4) is 0 Å². The molecule has 2 aromatic rings. The standard InChI is InChI=1S/C32H51NO6SSi/c1-22(2)20-28(33(30(35)36)40(37,38)26-15-12-23(3)13-16-26)29(34)27-17-14-25(31(4,5)6)21-24(27)18-19-39-41(10,11)32(7,8)9/h12-17,21-22,28-29,34H,18-20H2,1-11H3,(H,35,36). The number of sulfonamides is 1. The molecule has 2 aromatic carbocycles. The van der Waals surface area contributed by atoms with Gasteiger partial charge in [0, 0.05) is 6.61 Å². The quantitative estimate of drug-likeness (QED) is 0.255. The summed E-state index contributed by atoms with van der Waals surface area (Å²) in [6, 6.07) is 10.6. The van der Waals surface area contributed by atoms with Gasteiger partial charge in [0.05, 0.1) is 10.9 Å². The number of carbonyl (C=O) groups is 1. The summed E-state index contributed by atoms with van der Waals surface area (Å²) in [7, 11) is -6.48. The molecule has 0 saturated heterocycles. The summed E-state index contributed by atoms with van der Waals surface area (Å²) in [5.41, 5.74) is 3.12. The first-order valence-corrected chi connectivity index (χ1v) is 18.7. The zero-order valence-corrected chi connectivity index (χ0v) is 28.6. The summed E-state index contributed by atoms with van der Waals surface area (Å²) in [6.45, 7) is 23.3. The van der Waals surface area contributed by atoms with Crippen LogP contribution in [0.5, 0.6) is 0 Å². The van der Waals surface area contributed by atoms with Gasteiger partial charge < -0.3 is 14.6 Å². The molecule has 0 saturated carbocycles. The third-order valence-corrected chi connectivity index (χ3v) is 14.5. The van der Waals surface area contributed by atoms with E-state index in [1.165, 1.54) is 12.1 Å². The van der Waals surface area contributed by atoms with E-state index in [1.54, 1.807) is 12.1 Å². The van der Waals surface area contributed by atoms with E-state index >= 15 is 0 Å². The van der Waals surface area contributed by atoms with E-state index in [2.05, 4.69) is 54.6 Å². The largest absolute Gasteiger partial charge is 0.464 e. The molecule has 230 valence electrons. The average Bonchev–Trinajstić information content (AvgIpc) is 2.81.